The Labute approximate surface area is 294 Å². The number of nitrogens with zero attached hydrogens (tertiary/aromatic N) is 4. The molecule has 5 nitrogen and oxygen atoms in total. The molecule has 0 radical (unpaired) electrons. The molecule has 0 bridgehead atoms. The third-order valence-corrected chi connectivity index (χ3v) is 9.15. The summed E-state index contributed by atoms with van der Waals surface area (Å²) in [5.74, 6) is 1.40. The van der Waals surface area contributed by atoms with E-state index in [1.807, 2.05) is 54.6 Å². The van der Waals surface area contributed by atoms with Crippen LogP contribution >= 0.6 is 0 Å². The molecule has 0 N–H and O–H groups in total. The fraction of sp³-hybridized carbons (Fsp3) is 0. The highest BCUT2D eigenvalue weighted by Gasteiger charge is 2.19. The Morgan fingerprint density at radius 2 is 1.02 bits per heavy atom. The number of para-hydroxylation sites is 2. The predicted molar refractivity (Wildman–Crippen MR) is 203 cm³/mol. The maximum absolute atomic E-state index is 8.44. The van der Waals surface area contributed by atoms with E-state index >= 15 is 0 Å². The first-order valence-electron chi connectivity index (χ1n) is 18.8. The minimum Gasteiger partial charge on any atom is -0.456 e. The Balaban J connectivity index is 1.14. The van der Waals surface area contributed by atoms with E-state index in [-0.39, 0.29) is 29.7 Å². The van der Waals surface area contributed by atoms with Crippen LogP contribution in [-0.2, 0) is 0 Å². The Morgan fingerprint density at radius 3 is 1.72 bits per heavy atom. The largest absolute Gasteiger partial charge is 0.456 e. The summed E-state index contributed by atoms with van der Waals surface area (Å²) in [5, 5.41) is 4.26. The lowest BCUT2D eigenvalue weighted by atomic mass is 10.0. The molecule has 234 valence electrons. The van der Waals surface area contributed by atoms with Gasteiger partial charge in [0.2, 0.25) is 0 Å². The fourth-order valence-electron chi connectivity index (χ4n) is 6.85. The summed E-state index contributed by atoms with van der Waals surface area (Å²) in [5.41, 5.74) is 7.65. The van der Waals surface area contributed by atoms with Crippen LogP contribution in [0.1, 0.15) is 6.85 Å². The third kappa shape index (κ3) is 4.60. The summed E-state index contributed by atoms with van der Waals surface area (Å²) in [6, 6.07) is 44.1. The van der Waals surface area contributed by atoms with Crippen LogP contribution in [-0.4, -0.2) is 19.5 Å². The summed E-state index contributed by atoms with van der Waals surface area (Å²) < 4.78 is 49.9. The van der Waals surface area contributed by atoms with Crippen LogP contribution < -0.4 is 0 Å². The second-order valence-corrected chi connectivity index (χ2v) is 12.1. The Kier molecular flexibility index (Phi) is 5.35. The lowest BCUT2D eigenvalue weighted by Gasteiger charge is -2.10. The second-order valence-electron chi connectivity index (χ2n) is 12.1. The molecule has 0 saturated heterocycles. The van der Waals surface area contributed by atoms with Crippen molar-refractivity contribution in [3.05, 3.63) is 170 Å². The number of aromatic nitrogens is 4. The minimum absolute atomic E-state index is 0.139. The van der Waals surface area contributed by atoms with Crippen molar-refractivity contribution >= 4 is 43.7 Å². The van der Waals surface area contributed by atoms with Crippen molar-refractivity contribution in [1.29, 1.82) is 0 Å². The van der Waals surface area contributed by atoms with Crippen LogP contribution in [0.2, 0.25) is 0 Å². The normalized spacial score (nSPS) is 13.0. The van der Waals surface area contributed by atoms with Gasteiger partial charge in [0, 0.05) is 32.8 Å². The van der Waals surface area contributed by atoms with Gasteiger partial charge in [0.25, 0.3) is 0 Å². The first-order valence-corrected chi connectivity index (χ1v) is 16.3. The van der Waals surface area contributed by atoms with Gasteiger partial charge in [-0.25, -0.2) is 15.0 Å². The predicted octanol–water partition coefficient (Wildman–Crippen LogP) is 11.5. The maximum Gasteiger partial charge on any atom is 0.164 e. The lowest BCUT2D eigenvalue weighted by molar-refractivity contribution is 0.669. The Bertz CT molecular complexity index is 3070. The van der Waals surface area contributed by atoms with Crippen LogP contribution in [0.25, 0.3) is 94.7 Å². The molecule has 0 fully saturated rings. The van der Waals surface area contributed by atoms with Crippen LogP contribution in [0, 0.1) is 0 Å². The Hall–Kier alpha value is -6.85. The molecule has 50 heavy (non-hydrogen) atoms. The SMILES string of the molecule is [2H]c1c([2H])c([2H])c(-c2ccc(-c3nc(-c4ccccc4)nc(-c4ccc5oc6cccc(-n7c8ccccc8c8ccccc87)c6c5c4)n3)cc2)c([2H])c1[2H]. The molecule has 5 heteroatoms. The molecular weight excluding hydrogens is 613 g/mol. The molecule has 0 unspecified atom stereocenters. The molecule has 0 aliphatic heterocycles. The lowest BCUT2D eigenvalue weighted by Crippen LogP contribution is -2.00. The zero-order chi connectivity index (χ0) is 37.4. The van der Waals surface area contributed by atoms with E-state index < -0.39 is 6.04 Å². The zero-order valence-corrected chi connectivity index (χ0v) is 26.5. The summed E-state index contributed by atoms with van der Waals surface area (Å²) in [4.78, 5) is 14.8. The van der Waals surface area contributed by atoms with Crippen molar-refractivity contribution in [2.24, 2.45) is 0 Å². The number of benzene rings is 7. The van der Waals surface area contributed by atoms with E-state index in [0.717, 1.165) is 49.8 Å². The highest BCUT2D eigenvalue weighted by molar-refractivity contribution is 6.14. The third-order valence-electron chi connectivity index (χ3n) is 9.15. The summed E-state index contributed by atoms with van der Waals surface area (Å²) in [6.07, 6.45) is 0. The quantitative estimate of drug-likeness (QED) is 0.187. The van der Waals surface area contributed by atoms with Crippen molar-refractivity contribution < 1.29 is 11.3 Å². The van der Waals surface area contributed by atoms with Gasteiger partial charge in [-0.3, -0.25) is 0 Å². The number of rotatable bonds is 5. The van der Waals surface area contributed by atoms with E-state index in [2.05, 4.69) is 65.2 Å². The monoisotopic (exact) mass is 645 g/mol. The highest BCUT2D eigenvalue weighted by atomic mass is 16.3. The zero-order valence-electron chi connectivity index (χ0n) is 31.5. The van der Waals surface area contributed by atoms with E-state index in [0.29, 0.717) is 28.6 Å². The smallest absolute Gasteiger partial charge is 0.164 e. The molecule has 0 saturated carbocycles. The molecule has 3 heterocycles. The van der Waals surface area contributed by atoms with Gasteiger partial charge in [-0.1, -0.05) is 127 Å². The average Bonchev–Trinajstić information content (AvgIpc) is 3.78. The summed E-state index contributed by atoms with van der Waals surface area (Å²) >= 11 is 0. The van der Waals surface area contributed by atoms with Crippen molar-refractivity contribution in [3.8, 4) is 51.0 Å². The van der Waals surface area contributed by atoms with Gasteiger partial charge >= 0.3 is 0 Å². The number of hydrogen-bond acceptors (Lipinski definition) is 4. The number of fused-ring (bicyclic) bond motifs is 6. The first kappa shape index (κ1) is 23.5. The molecule has 10 rings (SSSR count). The van der Waals surface area contributed by atoms with Gasteiger partial charge in [0.15, 0.2) is 17.5 Å². The minimum atomic E-state index is -0.425. The molecule has 0 aliphatic rings. The van der Waals surface area contributed by atoms with E-state index in [9.17, 15) is 0 Å². The van der Waals surface area contributed by atoms with E-state index in [1.54, 1.807) is 24.3 Å². The standard InChI is InChI=1S/C45H28N4O/c1-3-12-29(13-4-1)30-22-24-32(25-23-30)44-46-43(31-14-5-2-6-15-31)47-45(48-44)33-26-27-40-36(28-33)42-39(20-11-21-41(42)50-40)49-37-18-9-7-16-34(37)35-17-8-10-19-38(35)49/h1-28H/i1D,3D,4D,12D,13D. The van der Waals surface area contributed by atoms with Crippen molar-refractivity contribution in [3.63, 3.8) is 0 Å². The first-order chi connectivity index (χ1) is 26.9. The molecule has 10 aromatic rings. The highest BCUT2D eigenvalue weighted by Crippen LogP contribution is 2.39. The van der Waals surface area contributed by atoms with Gasteiger partial charge in [-0.15, -0.1) is 0 Å². The van der Waals surface area contributed by atoms with Crippen molar-refractivity contribution in [2.75, 3.05) is 0 Å². The van der Waals surface area contributed by atoms with Crippen LogP contribution in [0.5, 0.6) is 0 Å². The topological polar surface area (TPSA) is 56.7 Å². The number of furan rings is 1. The molecule has 0 aliphatic carbocycles. The van der Waals surface area contributed by atoms with Gasteiger partial charge in [0.05, 0.1) is 29.0 Å². The van der Waals surface area contributed by atoms with Crippen molar-refractivity contribution in [1.82, 2.24) is 19.5 Å². The molecule has 0 amide bonds. The van der Waals surface area contributed by atoms with Crippen molar-refractivity contribution in [2.45, 2.75) is 0 Å². The molecule has 0 spiro atoms. The van der Waals surface area contributed by atoms with Gasteiger partial charge < -0.3 is 8.98 Å². The van der Waals surface area contributed by atoms with Crippen LogP contribution in [0.4, 0.5) is 0 Å². The number of hydrogen-bond donors (Lipinski definition) is 0. The maximum atomic E-state index is 8.44. The second kappa shape index (κ2) is 11.4. The van der Waals surface area contributed by atoms with E-state index in [4.69, 9.17) is 26.2 Å². The van der Waals surface area contributed by atoms with E-state index in [1.165, 1.54) is 10.8 Å². The molecule has 7 aromatic carbocycles. The summed E-state index contributed by atoms with van der Waals surface area (Å²) in [6.45, 7) is 0. The Morgan fingerprint density at radius 1 is 0.440 bits per heavy atom. The van der Waals surface area contributed by atoms with Gasteiger partial charge in [-0.2, -0.15) is 0 Å². The van der Waals surface area contributed by atoms with Gasteiger partial charge in [0.1, 0.15) is 11.2 Å². The molecule has 3 aromatic heterocycles. The van der Waals surface area contributed by atoms with Crippen LogP contribution in [0.15, 0.2) is 174 Å². The molecule has 0 atom stereocenters. The average molecular weight is 646 g/mol. The van der Waals surface area contributed by atoms with Gasteiger partial charge in [-0.05, 0) is 53.6 Å². The van der Waals surface area contributed by atoms with Crippen LogP contribution in [0.3, 0.4) is 0 Å². The summed E-state index contributed by atoms with van der Waals surface area (Å²) in [7, 11) is 0. The fourth-order valence-corrected chi connectivity index (χ4v) is 6.85. The molecular formula is C45H28N4O.